The van der Waals surface area contributed by atoms with Crippen LogP contribution in [0.15, 0.2) is 18.2 Å². The Morgan fingerprint density at radius 3 is 2.41 bits per heavy atom. The van der Waals surface area contributed by atoms with E-state index in [9.17, 15) is 4.79 Å². The van der Waals surface area contributed by atoms with E-state index < -0.39 is 5.60 Å². The van der Waals surface area contributed by atoms with Crippen LogP contribution in [-0.2, 0) is 11.3 Å². The van der Waals surface area contributed by atoms with Gasteiger partial charge in [-0.2, -0.15) is 0 Å². The third-order valence-corrected chi connectivity index (χ3v) is 7.13. The summed E-state index contributed by atoms with van der Waals surface area (Å²) in [4.78, 5) is 17.1. The molecule has 2 heterocycles. The van der Waals surface area contributed by atoms with Gasteiger partial charge in [0.15, 0.2) is 0 Å². The zero-order valence-corrected chi connectivity index (χ0v) is 21.3. The highest BCUT2D eigenvalue weighted by atomic mass is 16.6. The molecular weight excluding hydrogens is 396 g/mol. The van der Waals surface area contributed by atoms with E-state index in [-0.39, 0.29) is 17.0 Å². The molecule has 2 fully saturated rings. The van der Waals surface area contributed by atoms with Gasteiger partial charge in [-0.15, -0.1) is 0 Å². The number of hydrogen-bond donors (Lipinski definition) is 0. The number of hydrogen-bond acceptors (Lipinski definition) is 3. The summed E-state index contributed by atoms with van der Waals surface area (Å²) in [6.45, 7) is 18.2. The van der Waals surface area contributed by atoms with E-state index in [1.165, 1.54) is 29.5 Å². The maximum Gasteiger partial charge on any atom is 0.410 e. The maximum atomic E-state index is 12.5. The molecule has 0 radical (unpaired) electrons. The first kappa shape index (κ1) is 24.6. The van der Waals surface area contributed by atoms with E-state index in [0.717, 1.165) is 45.4 Å². The molecule has 2 aliphatic rings. The van der Waals surface area contributed by atoms with Crippen LogP contribution in [0.2, 0.25) is 0 Å². The Hall–Kier alpha value is -1.99. The van der Waals surface area contributed by atoms with Crippen LogP contribution < -0.4 is 0 Å². The minimum Gasteiger partial charge on any atom is -0.444 e. The number of carbonyl (C=O) groups is 1. The number of nitrogens with zero attached hydrogens (tertiary/aromatic N) is 2. The quantitative estimate of drug-likeness (QED) is 0.531. The van der Waals surface area contributed by atoms with E-state index in [1.54, 1.807) is 0 Å². The van der Waals surface area contributed by atoms with E-state index >= 15 is 0 Å². The first-order valence-corrected chi connectivity index (χ1v) is 12.3. The fourth-order valence-corrected chi connectivity index (χ4v) is 4.71. The molecule has 1 amide bonds. The van der Waals surface area contributed by atoms with Gasteiger partial charge in [-0.1, -0.05) is 30.9 Å². The van der Waals surface area contributed by atoms with Crippen LogP contribution in [-0.4, -0.2) is 46.7 Å². The van der Waals surface area contributed by atoms with E-state index in [0.29, 0.717) is 0 Å². The fourth-order valence-electron chi connectivity index (χ4n) is 4.71. The smallest absolute Gasteiger partial charge is 0.410 e. The number of carbonyl (C=O) groups excluding carboxylic acids is 1. The lowest BCUT2D eigenvalue weighted by atomic mass is 9.84. The predicted molar refractivity (Wildman–Crippen MR) is 132 cm³/mol. The monoisotopic (exact) mass is 438 g/mol. The molecule has 0 N–H and O–H groups in total. The molecule has 1 aromatic rings. The number of rotatable bonds is 3. The molecule has 0 bridgehead atoms. The third-order valence-electron chi connectivity index (χ3n) is 7.13. The SMILES string of the molecule is CCC(C)(C)C#Cc1cc(C)ccc1CN1CCCC12CCN(C(=O)OC(C)(C)C)CC2. The molecule has 32 heavy (non-hydrogen) atoms. The summed E-state index contributed by atoms with van der Waals surface area (Å²) in [6.07, 6.45) is 5.34. The minimum atomic E-state index is -0.444. The molecular formula is C28H42N2O2. The van der Waals surface area contributed by atoms with Gasteiger partial charge in [0.25, 0.3) is 0 Å². The molecule has 0 atom stereocenters. The molecule has 4 heteroatoms. The first-order chi connectivity index (χ1) is 14.9. The van der Waals surface area contributed by atoms with Crippen LogP contribution in [0.3, 0.4) is 0 Å². The van der Waals surface area contributed by atoms with E-state index in [1.807, 2.05) is 25.7 Å². The van der Waals surface area contributed by atoms with Crippen molar-refractivity contribution in [2.45, 2.75) is 98.3 Å². The van der Waals surface area contributed by atoms with E-state index in [2.05, 4.69) is 62.6 Å². The lowest BCUT2D eigenvalue weighted by Gasteiger charge is -2.45. The van der Waals surface area contributed by atoms with Gasteiger partial charge < -0.3 is 9.64 Å². The number of likely N-dealkylation sites (tertiary alicyclic amines) is 2. The number of benzene rings is 1. The van der Waals surface area contributed by atoms with Crippen molar-refractivity contribution in [2.24, 2.45) is 5.41 Å². The van der Waals surface area contributed by atoms with Crippen molar-refractivity contribution in [3.05, 3.63) is 34.9 Å². The Kier molecular flexibility index (Phi) is 7.30. The minimum absolute atomic E-state index is 0.0321. The van der Waals surface area contributed by atoms with Crippen molar-refractivity contribution < 1.29 is 9.53 Å². The molecule has 176 valence electrons. The molecule has 0 unspecified atom stereocenters. The van der Waals surface area contributed by atoms with Crippen molar-refractivity contribution in [1.29, 1.82) is 0 Å². The Labute approximate surface area is 195 Å². The second-order valence-corrected chi connectivity index (χ2v) is 11.4. The molecule has 3 rings (SSSR count). The average molecular weight is 439 g/mol. The van der Waals surface area contributed by atoms with E-state index in [4.69, 9.17) is 4.74 Å². The molecule has 4 nitrogen and oxygen atoms in total. The molecule has 0 aliphatic carbocycles. The maximum absolute atomic E-state index is 12.5. The van der Waals surface area contributed by atoms with Crippen molar-refractivity contribution in [3.63, 3.8) is 0 Å². The summed E-state index contributed by atoms with van der Waals surface area (Å²) >= 11 is 0. The predicted octanol–water partition coefficient (Wildman–Crippen LogP) is 6.15. The summed E-state index contributed by atoms with van der Waals surface area (Å²) < 4.78 is 5.60. The zero-order chi connectivity index (χ0) is 23.6. The summed E-state index contributed by atoms with van der Waals surface area (Å²) in [5.41, 5.74) is 3.53. The van der Waals surface area contributed by atoms with Crippen molar-refractivity contribution >= 4 is 6.09 Å². The molecule has 2 saturated heterocycles. The van der Waals surface area contributed by atoms with Crippen LogP contribution in [0.5, 0.6) is 0 Å². The van der Waals surface area contributed by atoms with Gasteiger partial charge >= 0.3 is 6.09 Å². The van der Waals surface area contributed by atoms with Gasteiger partial charge in [0, 0.05) is 36.2 Å². The standard InChI is InChI=1S/C28H42N2O2/c1-8-27(6,7)14-12-23-20-22(2)10-11-24(23)21-30-17-9-13-28(30)15-18-29(19-16-28)25(31)32-26(3,4)5/h10-11,20H,8-9,13,15-19,21H2,1-7H3. The Bertz CT molecular complexity index is 877. The van der Waals surface area contributed by atoms with Gasteiger partial charge in [0.1, 0.15) is 5.60 Å². The Morgan fingerprint density at radius 2 is 1.78 bits per heavy atom. The number of aryl methyl sites for hydroxylation is 1. The average Bonchev–Trinajstić information content (AvgIpc) is 3.09. The van der Waals surface area contributed by atoms with Crippen molar-refractivity contribution in [2.75, 3.05) is 19.6 Å². The number of ether oxygens (including phenoxy) is 1. The molecule has 2 aliphatic heterocycles. The van der Waals surface area contributed by atoms with Gasteiger partial charge in [-0.05, 0) is 97.4 Å². The van der Waals surface area contributed by atoms with Crippen molar-refractivity contribution in [3.8, 4) is 11.8 Å². The lowest BCUT2D eigenvalue weighted by Crippen LogP contribution is -2.53. The van der Waals surface area contributed by atoms with Crippen molar-refractivity contribution in [1.82, 2.24) is 9.80 Å². The fraction of sp³-hybridized carbons (Fsp3) is 0.679. The van der Waals surface area contributed by atoms with Gasteiger partial charge in [-0.3, -0.25) is 4.90 Å². The molecule has 0 aromatic heterocycles. The van der Waals surface area contributed by atoms with Crippen LogP contribution in [0.25, 0.3) is 0 Å². The molecule has 1 aromatic carbocycles. The first-order valence-electron chi connectivity index (χ1n) is 12.3. The molecule has 1 spiro atoms. The van der Waals surface area contributed by atoms with Gasteiger partial charge in [0.05, 0.1) is 0 Å². The normalized spacial score (nSPS) is 19.0. The second-order valence-electron chi connectivity index (χ2n) is 11.4. The van der Waals surface area contributed by atoms with Gasteiger partial charge in [0.2, 0.25) is 0 Å². The number of amides is 1. The van der Waals surface area contributed by atoms with Crippen LogP contribution in [0.1, 0.15) is 90.3 Å². The number of piperidine rings is 1. The Balaban J connectivity index is 1.73. The van der Waals surface area contributed by atoms with Gasteiger partial charge in [-0.25, -0.2) is 4.79 Å². The van der Waals surface area contributed by atoms with Crippen LogP contribution in [0.4, 0.5) is 4.79 Å². The molecule has 0 saturated carbocycles. The highest BCUT2D eigenvalue weighted by molar-refractivity contribution is 5.68. The zero-order valence-electron chi connectivity index (χ0n) is 21.3. The van der Waals surface area contributed by atoms with Crippen LogP contribution >= 0.6 is 0 Å². The third kappa shape index (κ3) is 6.07. The lowest BCUT2D eigenvalue weighted by molar-refractivity contribution is 0.00164. The summed E-state index contributed by atoms with van der Waals surface area (Å²) in [7, 11) is 0. The Morgan fingerprint density at radius 1 is 1.09 bits per heavy atom. The topological polar surface area (TPSA) is 32.8 Å². The summed E-state index contributed by atoms with van der Waals surface area (Å²) in [6, 6.07) is 6.71. The summed E-state index contributed by atoms with van der Waals surface area (Å²) in [5, 5.41) is 0. The van der Waals surface area contributed by atoms with Crippen LogP contribution in [0, 0.1) is 24.2 Å². The highest BCUT2D eigenvalue weighted by Gasteiger charge is 2.44. The second kappa shape index (κ2) is 9.48. The largest absolute Gasteiger partial charge is 0.444 e. The summed E-state index contributed by atoms with van der Waals surface area (Å²) in [5.74, 6) is 7.01. The highest BCUT2D eigenvalue weighted by Crippen LogP contribution is 2.40.